The number of carbonyl (C=O) groups is 3. The van der Waals surface area contributed by atoms with Crippen molar-refractivity contribution in [3.05, 3.63) is 42.0 Å². The lowest BCUT2D eigenvalue weighted by molar-refractivity contribution is -0.119. The molecule has 3 N–H and O–H groups in total. The van der Waals surface area contributed by atoms with Crippen molar-refractivity contribution in [2.45, 2.75) is 0 Å². The summed E-state index contributed by atoms with van der Waals surface area (Å²) >= 11 is 0. The molecule has 2 rings (SSSR count). The van der Waals surface area contributed by atoms with Gasteiger partial charge in [-0.2, -0.15) is 0 Å². The van der Waals surface area contributed by atoms with Gasteiger partial charge in [0.2, 0.25) is 0 Å². The van der Waals surface area contributed by atoms with Crippen LogP contribution in [-0.4, -0.2) is 17.7 Å². The van der Waals surface area contributed by atoms with Crippen molar-refractivity contribution >= 4 is 35.8 Å². The summed E-state index contributed by atoms with van der Waals surface area (Å²) in [6.45, 7) is 0. The molecule has 0 spiro atoms. The van der Waals surface area contributed by atoms with E-state index < -0.39 is 17.7 Å². The summed E-state index contributed by atoms with van der Waals surface area (Å²) in [5.41, 5.74) is 2.59. The number of hydrazine groups is 1. The van der Waals surface area contributed by atoms with E-state index in [-0.39, 0.29) is 18.0 Å². The number of anilines is 1. The number of rotatable bonds is 2. The molecule has 1 aromatic rings. The maximum absolute atomic E-state index is 11.4. The average Bonchev–Trinajstić information content (AvgIpc) is 2.68. The van der Waals surface area contributed by atoms with Gasteiger partial charge >= 0.3 is 0 Å². The number of halogens is 1. The summed E-state index contributed by atoms with van der Waals surface area (Å²) in [5, 5.41) is 0. The SMILES string of the molecule is Cl.NNC(=O)c1cccc(N2C(=O)C=CC2=O)c1. The van der Waals surface area contributed by atoms with Crippen LogP contribution in [0, 0.1) is 0 Å². The molecule has 0 saturated carbocycles. The van der Waals surface area contributed by atoms with Crippen LogP contribution >= 0.6 is 12.4 Å². The number of imide groups is 1. The van der Waals surface area contributed by atoms with Gasteiger partial charge in [0, 0.05) is 17.7 Å². The first-order valence-corrected chi connectivity index (χ1v) is 4.80. The fraction of sp³-hybridized carbons (Fsp3) is 0. The van der Waals surface area contributed by atoms with Crippen LogP contribution in [0.1, 0.15) is 10.4 Å². The highest BCUT2D eigenvalue weighted by Crippen LogP contribution is 2.20. The third kappa shape index (κ3) is 2.39. The van der Waals surface area contributed by atoms with Crippen molar-refractivity contribution < 1.29 is 14.4 Å². The first-order valence-electron chi connectivity index (χ1n) is 4.80. The van der Waals surface area contributed by atoms with Gasteiger partial charge in [-0.25, -0.2) is 10.7 Å². The molecule has 1 aliphatic heterocycles. The standard InChI is InChI=1S/C11H9N3O3.ClH/c12-13-11(17)7-2-1-3-8(6-7)14-9(15)4-5-10(14)16;/h1-6H,12H2,(H,13,17);1H. The Morgan fingerprint density at radius 3 is 2.33 bits per heavy atom. The number of nitrogens with one attached hydrogen (secondary N) is 1. The highest BCUT2D eigenvalue weighted by atomic mass is 35.5. The molecule has 7 heteroatoms. The third-order valence-electron chi connectivity index (χ3n) is 2.31. The van der Waals surface area contributed by atoms with E-state index in [1.807, 2.05) is 5.43 Å². The molecule has 94 valence electrons. The topological polar surface area (TPSA) is 92.5 Å². The lowest BCUT2D eigenvalue weighted by Crippen LogP contribution is -2.31. The molecule has 0 aliphatic carbocycles. The Bertz CT molecular complexity index is 524. The highest BCUT2D eigenvalue weighted by molar-refractivity contribution is 6.28. The second-order valence-corrected chi connectivity index (χ2v) is 3.37. The van der Waals surface area contributed by atoms with E-state index in [1.54, 1.807) is 12.1 Å². The molecule has 18 heavy (non-hydrogen) atoms. The summed E-state index contributed by atoms with van der Waals surface area (Å²) in [6, 6.07) is 6.09. The molecule has 6 nitrogen and oxygen atoms in total. The fourth-order valence-corrected chi connectivity index (χ4v) is 1.52. The fourth-order valence-electron chi connectivity index (χ4n) is 1.52. The maximum Gasteiger partial charge on any atom is 0.265 e. The van der Waals surface area contributed by atoms with E-state index in [0.29, 0.717) is 5.69 Å². The molecule has 1 aromatic carbocycles. The lowest BCUT2D eigenvalue weighted by Gasteiger charge is -2.14. The summed E-state index contributed by atoms with van der Waals surface area (Å²) in [6.07, 6.45) is 2.36. The number of amides is 3. The molecule has 3 amide bonds. The Hall–Kier alpha value is -2.18. The number of carbonyl (C=O) groups excluding carboxylic acids is 3. The largest absolute Gasteiger partial charge is 0.290 e. The van der Waals surface area contributed by atoms with Crippen LogP contribution in [-0.2, 0) is 9.59 Å². The number of nitrogen functional groups attached to an aromatic ring is 1. The monoisotopic (exact) mass is 267 g/mol. The minimum Gasteiger partial charge on any atom is -0.290 e. The molecule has 0 atom stereocenters. The van der Waals surface area contributed by atoms with Crippen LogP contribution in [0.15, 0.2) is 36.4 Å². The van der Waals surface area contributed by atoms with Crippen LogP contribution in [0.2, 0.25) is 0 Å². The van der Waals surface area contributed by atoms with Crippen LogP contribution in [0.3, 0.4) is 0 Å². The maximum atomic E-state index is 11.4. The second kappa shape index (κ2) is 5.44. The Kier molecular flexibility index (Phi) is 4.19. The minimum atomic E-state index is -0.487. The smallest absolute Gasteiger partial charge is 0.265 e. The van der Waals surface area contributed by atoms with Crippen molar-refractivity contribution in [2.75, 3.05) is 4.90 Å². The van der Waals surface area contributed by atoms with Gasteiger partial charge in [-0.05, 0) is 18.2 Å². The van der Waals surface area contributed by atoms with Gasteiger partial charge in [0.05, 0.1) is 5.69 Å². The van der Waals surface area contributed by atoms with E-state index >= 15 is 0 Å². The summed E-state index contributed by atoms with van der Waals surface area (Å²) in [4.78, 5) is 35.1. The Balaban J connectivity index is 0.00000162. The van der Waals surface area contributed by atoms with Gasteiger partial charge in [-0.3, -0.25) is 19.8 Å². The summed E-state index contributed by atoms with van der Waals surface area (Å²) in [5.74, 6) is 3.66. The highest BCUT2D eigenvalue weighted by Gasteiger charge is 2.25. The number of hydrogen-bond donors (Lipinski definition) is 2. The Morgan fingerprint density at radius 1 is 1.17 bits per heavy atom. The molecule has 0 saturated heterocycles. The molecule has 0 aromatic heterocycles. The van der Waals surface area contributed by atoms with Crippen molar-refractivity contribution in [3.8, 4) is 0 Å². The zero-order valence-electron chi connectivity index (χ0n) is 9.12. The number of hydrogen-bond acceptors (Lipinski definition) is 4. The van der Waals surface area contributed by atoms with E-state index in [0.717, 1.165) is 4.90 Å². The molecule has 1 aliphatic rings. The van der Waals surface area contributed by atoms with Crippen LogP contribution < -0.4 is 16.2 Å². The van der Waals surface area contributed by atoms with Gasteiger partial charge in [0.15, 0.2) is 0 Å². The average molecular weight is 268 g/mol. The molecule has 1 heterocycles. The molecule has 0 bridgehead atoms. The van der Waals surface area contributed by atoms with Gasteiger partial charge in [0.1, 0.15) is 0 Å². The van der Waals surface area contributed by atoms with Gasteiger partial charge in [-0.1, -0.05) is 6.07 Å². The lowest BCUT2D eigenvalue weighted by atomic mass is 10.2. The molecule has 0 fully saturated rings. The van der Waals surface area contributed by atoms with Crippen LogP contribution in [0.5, 0.6) is 0 Å². The van der Waals surface area contributed by atoms with Crippen molar-refractivity contribution in [2.24, 2.45) is 5.84 Å². The van der Waals surface area contributed by atoms with Gasteiger partial charge < -0.3 is 0 Å². The number of benzene rings is 1. The minimum absolute atomic E-state index is 0. The van der Waals surface area contributed by atoms with Crippen molar-refractivity contribution in [1.29, 1.82) is 0 Å². The third-order valence-corrected chi connectivity index (χ3v) is 2.31. The zero-order valence-corrected chi connectivity index (χ0v) is 9.94. The van der Waals surface area contributed by atoms with E-state index in [1.165, 1.54) is 24.3 Å². The van der Waals surface area contributed by atoms with E-state index in [9.17, 15) is 14.4 Å². The van der Waals surface area contributed by atoms with Gasteiger partial charge in [0.25, 0.3) is 17.7 Å². The van der Waals surface area contributed by atoms with E-state index in [4.69, 9.17) is 5.84 Å². The first kappa shape index (κ1) is 13.9. The second-order valence-electron chi connectivity index (χ2n) is 3.37. The van der Waals surface area contributed by atoms with Crippen molar-refractivity contribution in [1.82, 2.24) is 5.43 Å². The van der Waals surface area contributed by atoms with Gasteiger partial charge in [-0.15, -0.1) is 12.4 Å². The number of nitrogens with zero attached hydrogens (tertiary/aromatic N) is 1. The van der Waals surface area contributed by atoms with E-state index in [2.05, 4.69) is 0 Å². The normalized spacial score (nSPS) is 13.5. The molecule has 0 radical (unpaired) electrons. The first-order chi connectivity index (χ1) is 8.13. The Morgan fingerprint density at radius 2 is 1.78 bits per heavy atom. The summed E-state index contributed by atoms with van der Waals surface area (Å²) in [7, 11) is 0. The summed E-state index contributed by atoms with van der Waals surface area (Å²) < 4.78 is 0. The molecule has 0 unspecified atom stereocenters. The number of nitrogens with two attached hydrogens (primary N) is 1. The van der Waals surface area contributed by atoms with Crippen LogP contribution in [0.25, 0.3) is 0 Å². The predicted octanol–water partition coefficient (Wildman–Crippen LogP) is 0.141. The predicted molar refractivity (Wildman–Crippen MR) is 67.0 cm³/mol. The van der Waals surface area contributed by atoms with Crippen LogP contribution in [0.4, 0.5) is 5.69 Å². The zero-order chi connectivity index (χ0) is 12.4. The molecular weight excluding hydrogens is 258 g/mol. The molecular formula is C11H10ClN3O3. The quantitative estimate of drug-likeness (QED) is 0.345. The Labute approximate surface area is 109 Å². The van der Waals surface area contributed by atoms with Crippen molar-refractivity contribution in [3.63, 3.8) is 0 Å².